The summed E-state index contributed by atoms with van der Waals surface area (Å²) in [5.74, 6) is -1.35. The van der Waals surface area contributed by atoms with Crippen molar-refractivity contribution in [2.45, 2.75) is 65.5 Å². The maximum absolute atomic E-state index is 12.5. The lowest BCUT2D eigenvalue weighted by Crippen LogP contribution is -2.33. The molecule has 1 saturated heterocycles. The van der Waals surface area contributed by atoms with Crippen LogP contribution in [0.5, 0.6) is 0 Å². The van der Waals surface area contributed by atoms with Crippen LogP contribution in [0.3, 0.4) is 0 Å². The molecule has 0 aromatic rings. The Morgan fingerprint density at radius 2 is 2.00 bits per heavy atom. The fraction of sp³-hybridized carbons (Fsp3) is 0.571. The van der Waals surface area contributed by atoms with Gasteiger partial charge in [-0.2, -0.15) is 0 Å². The van der Waals surface area contributed by atoms with E-state index < -0.39 is 18.2 Å². The van der Waals surface area contributed by atoms with Crippen molar-refractivity contribution in [3.63, 3.8) is 0 Å². The van der Waals surface area contributed by atoms with Gasteiger partial charge >= 0.3 is 17.9 Å². The van der Waals surface area contributed by atoms with E-state index in [4.69, 9.17) is 18.9 Å². The standard InChI is InChI=1S/C21H24O7/c1-10-7-16(27-19(10)23)25-9-14-12-8-13-15(26-11(2)22)5-6-21(3,4)17(13)18(12)28-20(14)24/h7,9,12,15-16,18H,5-6,8H2,1-4H3/t12?,15-,16+,18-/m0/s1. The molecular weight excluding hydrogens is 364 g/mol. The van der Waals surface area contributed by atoms with Crippen LogP contribution in [0.4, 0.5) is 0 Å². The molecular formula is C21H24O7. The second-order valence-corrected chi connectivity index (χ2v) is 8.43. The molecule has 1 unspecified atom stereocenters. The SMILES string of the molecule is CC(=O)O[C@H]1CCC(C)(C)C2=C1CC1C(=CO[C@H]3C=C(C)C(=O)O3)C(=O)O[C@H]21. The molecule has 7 nitrogen and oxygen atoms in total. The van der Waals surface area contributed by atoms with E-state index in [0.717, 1.165) is 24.0 Å². The van der Waals surface area contributed by atoms with Crippen molar-refractivity contribution in [1.82, 2.24) is 0 Å². The van der Waals surface area contributed by atoms with Gasteiger partial charge in [0.25, 0.3) is 6.29 Å². The predicted molar refractivity (Wildman–Crippen MR) is 96.4 cm³/mol. The van der Waals surface area contributed by atoms with Crippen LogP contribution in [-0.2, 0) is 33.3 Å². The molecule has 2 aliphatic heterocycles. The highest BCUT2D eigenvalue weighted by atomic mass is 16.7. The Balaban J connectivity index is 1.58. The van der Waals surface area contributed by atoms with Crippen LogP contribution in [0.2, 0.25) is 0 Å². The number of rotatable bonds is 3. The Bertz CT molecular complexity index is 845. The number of ether oxygens (including phenoxy) is 4. The molecule has 4 atom stereocenters. The molecule has 28 heavy (non-hydrogen) atoms. The number of esters is 3. The van der Waals surface area contributed by atoms with E-state index in [9.17, 15) is 14.4 Å². The maximum atomic E-state index is 12.5. The minimum atomic E-state index is -0.832. The Labute approximate surface area is 163 Å². The lowest BCUT2D eigenvalue weighted by molar-refractivity contribution is -0.152. The highest BCUT2D eigenvalue weighted by Crippen LogP contribution is 2.55. The smallest absolute Gasteiger partial charge is 0.338 e. The molecule has 150 valence electrons. The third-order valence-electron chi connectivity index (χ3n) is 6.02. The van der Waals surface area contributed by atoms with Gasteiger partial charge in [0, 0.05) is 24.5 Å². The Hall–Kier alpha value is -2.57. The summed E-state index contributed by atoms with van der Waals surface area (Å²) < 4.78 is 21.8. The van der Waals surface area contributed by atoms with E-state index in [0.29, 0.717) is 17.6 Å². The summed E-state index contributed by atoms with van der Waals surface area (Å²) in [6.07, 6.45) is 3.64. The van der Waals surface area contributed by atoms with Crippen molar-refractivity contribution in [1.29, 1.82) is 0 Å². The molecule has 0 spiro atoms. The zero-order chi connectivity index (χ0) is 20.2. The third kappa shape index (κ3) is 3.02. The number of carbonyl (C=O) groups is 3. The molecule has 2 aliphatic carbocycles. The zero-order valence-electron chi connectivity index (χ0n) is 16.4. The largest absolute Gasteiger partial charge is 0.458 e. The van der Waals surface area contributed by atoms with Gasteiger partial charge in [0.2, 0.25) is 0 Å². The van der Waals surface area contributed by atoms with Gasteiger partial charge in [-0.05, 0) is 42.7 Å². The first kappa shape index (κ1) is 18.8. The number of cyclic esters (lactones) is 1. The van der Waals surface area contributed by atoms with Gasteiger partial charge in [0.15, 0.2) is 0 Å². The Morgan fingerprint density at radius 3 is 2.64 bits per heavy atom. The molecule has 0 bridgehead atoms. The second kappa shape index (κ2) is 6.50. The minimum Gasteiger partial charge on any atom is -0.458 e. The maximum Gasteiger partial charge on any atom is 0.338 e. The minimum absolute atomic E-state index is 0.136. The summed E-state index contributed by atoms with van der Waals surface area (Å²) >= 11 is 0. The first-order chi connectivity index (χ1) is 13.2. The van der Waals surface area contributed by atoms with Gasteiger partial charge in [-0.3, -0.25) is 4.79 Å². The van der Waals surface area contributed by atoms with E-state index in [1.807, 2.05) is 0 Å². The molecule has 4 rings (SSSR count). The van der Waals surface area contributed by atoms with Crippen molar-refractivity contribution in [3.05, 3.63) is 34.6 Å². The molecule has 7 heteroatoms. The number of fused-ring (bicyclic) bond motifs is 2. The summed E-state index contributed by atoms with van der Waals surface area (Å²) in [5.41, 5.74) is 2.88. The first-order valence-electron chi connectivity index (χ1n) is 9.54. The molecule has 2 heterocycles. The molecule has 0 aromatic carbocycles. The Morgan fingerprint density at radius 1 is 1.25 bits per heavy atom. The van der Waals surface area contributed by atoms with Gasteiger partial charge in [-0.1, -0.05) is 13.8 Å². The van der Waals surface area contributed by atoms with Crippen LogP contribution in [-0.4, -0.2) is 36.4 Å². The Kier molecular flexibility index (Phi) is 4.36. The highest BCUT2D eigenvalue weighted by molar-refractivity contribution is 5.92. The van der Waals surface area contributed by atoms with Crippen molar-refractivity contribution in [2.75, 3.05) is 0 Å². The molecule has 0 aromatic heterocycles. The summed E-state index contributed by atoms with van der Waals surface area (Å²) in [5, 5.41) is 0. The van der Waals surface area contributed by atoms with Gasteiger partial charge < -0.3 is 18.9 Å². The molecule has 1 fully saturated rings. The van der Waals surface area contributed by atoms with Crippen molar-refractivity contribution in [2.24, 2.45) is 11.3 Å². The predicted octanol–water partition coefficient (Wildman–Crippen LogP) is 2.71. The third-order valence-corrected chi connectivity index (χ3v) is 6.02. The molecule has 0 saturated carbocycles. The van der Waals surface area contributed by atoms with Crippen molar-refractivity contribution in [3.8, 4) is 0 Å². The summed E-state index contributed by atoms with van der Waals surface area (Å²) in [7, 11) is 0. The first-order valence-corrected chi connectivity index (χ1v) is 9.54. The average Bonchev–Trinajstić information content (AvgIpc) is 3.21. The van der Waals surface area contributed by atoms with Crippen LogP contribution >= 0.6 is 0 Å². The monoisotopic (exact) mass is 388 g/mol. The van der Waals surface area contributed by atoms with Crippen molar-refractivity contribution >= 4 is 17.9 Å². The van der Waals surface area contributed by atoms with Crippen molar-refractivity contribution < 1.29 is 33.3 Å². The van der Waals surface area contributed by atoms with Crippen LogP contribution in [0.25, 0.3) is 0 Å². The lowest BCUT2D eigenvalue weighted by Gasteiger charge is -2.37. The van der Waals surface area contributed by atoms with Crippen LogP contribution in [0.15, 0.2) is 34.6 Å². The van der Waals surface area contributed by atoms with Gasteiger partial charge in [0.1, 0.15) is 12.2 Å². The van der Waals surface area contributed by atoms with E-state index in [-0.39, 0.29) is 29.5 Å². The molecule has 0 N–H and O–H groups in total. The van der Waals surface area contributed by atoms with E-state index in [1.54, 1.807) is 13.0 Å². The van der Waals surface area contributed by atoms with Crippen LogP contribution in [0.1, 0.15) is 47.0 Å². The van der Waals surface area contributed by atoms with Crippen LogP contribution < -0.4 is 0 Å². The number of hydrogen-bond donors (Lipinski definition) is 0. The molecule has 4 aliphatic rings. The normalized spacial score (nSPS) is 34.6. The van der Waals surface area contributed by atoms with E-state index in [1.165, 1.54) is 13.2 Å². The number of hydrogen-bond acceptors (Lipinski definition) is 7. The molecule has 0 radical (unpaired) electrons. The lowest BCUT2D eigenvalue weighted by atomic mass is 9.71. The van der Waals surface area contributed by atoms with E-state index >= 15 is 0 Å². The fourth-order valence-corrected chi connectivity index (χ4v) is 4.69. The highest BCUT2D eigenvalue weighted by Gasteiger charge is 2.54. The zero-order valence-corrected chi connectivity index (χ0v) is 16.4. The summed E-state index contributed by atoms with van der Waals surface area (Å²) in [6, 6.07) is 0. The van der Waals surface area contributed by atoms with Gasteiger partial charge in [-0.15, -0.1) is 0 Å². The quantitative estimate of drug-likeness (QED) is 0.241. The fourth-order valence-electron chi connectivity index (χ4n) is 4.69. The van der Waals surface area contributed by atoms with Gasteiger partial charge in [0.05, 0.1) is 11.8 Å². The summed E-state index contributed by atoms with van der Waals surface area (Å²) in [4.78, 5) is 35.4. The summed E-state index contributed by atoms with van der Waals surface area (Å²) in [6.45, 7) is 7.32. The number of carbonyl (C=O) groups excluding carboxylic acids is 3. The van der Waals surface area contributed by atoms with Gasteiger partial charge in [-0.25, -0.2) is 9.59 Å². The van der Waals surface area contributed by atoms with E-state index in [2.05, 4.69) is 13.8 Å². The molecule has 0 amide bonds. The average molecular weight is 388 g/mol. The topological polar surface area (TPSA) is 88.1 Å². The van der Waals surface area contributed by atoms with Crippen LogP contribution in [0, 0.1) is 11.3 Å². The second-order valence-electron chi connectivity index (χ2n) is 8.43.